The van der Waals surface area contributed by atoms with E-state index in [0.29, 0.717) is 5.92 Å². The molecule has 0 bridgehead atoms. The van der Waals surface area contributed by atoms with Crippen molar-refractivity contribution >= 4 is 17.0 Å². The molecule has 1 N–H and O–H groups in total. The number of aryl methyl sites for hydroxylation is 1. The Hall–Kier alpha value is -2.28. The summed E-state index contributed by atoms with van der Waals surface area (Å²) in [4.78, 5) is 4.63. The molecule has 0 aliphatic rings. The number of aromatic nitrogens is 5. The Bertz CT molecular complexity index is 747. The van der Waals surface area contributed by atoms with Gasteiger partial charge in [0.2, 0.25) is 0 Å². The Morgan fingerprint density at radius 1 is 1.32 bits per heavy atom. The topological polar surface area (TPSA) is 68.5 Å². The quantitative estimate of drug-likeness (QED) is 0.783. The molecule has 0 saturated carbocycles. The SMILES string of the molecule is Cc1cc(NCc2csc(C(C)C)n2)ccc1-n1cnnn1. The highest BCUT2D eigenvalue weighted by Crippen LogP contribution is 2.21. The van der Waals surface area contributed by atoms with E-state index in [1.165, 1.54) is 5.01 Å². The summed E-state index contributed by atoms with van der Waals surface area (Å²) in [6, 6.07) is 6.13. The van der Waals surface area contributed by atoms with Crippen molar-refractivity contribution < 1.29 is 0 Å². The maximum absolute atomic E-state index is 4.63. The van der Waals surface area contributed by atoms with Crippen LogP contribution < -0.4 is 5.32 Å². The maximum atomic E-state index is 4.63. The van der Waals surface area contributed by atoms with Crippen LogP contribution in [0.25, 0.3) is 5.69 Å². The van der Waals surface area contributed by atoms with E-state index in [1.807, 2.05) is 19.1 Å². The highest BCUT2D eigenvalue weighted by molar-refractivity contribution is 7.09. The predicted molar refractivity (Wildman–Crippen MR) is 87.4 cm³/mol. The van der Waals surface area contributed by atoms with Crippen LogP contribution in [0.15, 0.2) is 29.9 Å². The molecule has 0 fully saturated rings. The van der Waals surface area contributed by atoms with Gasteiger partial charge in [0.05, 0.1) is 22.9 Å². The molecule has 0 unspecified atom stereocenters. The molecule has 0 saturated heterocycles. The van der Waals surface area contributed by atoms with Crippen molar-refractivity contribution in [3.8, 4) is 5.69 Å². The largest absolute Gasteiger partial charge is 0.379 e. The Kier molecular flexibility index (Phi) is 4.15. The lowest BCUT2D eigenvalue weighted by Crippen LogP contribution is -2.03. The van der Waals surface area contributed by atoms with Gasteiger partial charge in [-0.25, -0.2) is 9.67 Å². The van der Waals surface area contributed by atoms with E-state index < -0.39 is 0 Å². The number of tetrazole rings is 1. The van der Waals surface area contributed by atoms with Gasteiger partial charge in [-0.05, 0) is 41.1 Å². The van der Waals surface area contributed by atoms with Crippen LogP contribution >= 0.6 is 11.3 Å². The second-order valence-corrected chi connectivity index (χ2v) is 6.33. The molecule has 0 aliphatic carbocycles. The zero-order valence-corrected chi connectivity index (χ0v) is 13.6. The molecule has 0 amide bonds. The normalized spacial score (nSPS) is 11.1. The fraction of sp³-hybridized carbons (Fsp3) is 0.333. The van der Waals surface area contributed by atoms with Crippen molar-refractivity contribution in [1.82, 2.24) is 25.2 Å². The fourth-order valence-electron chi connectivity index (χ4n) is 2.16. The summed E-state index contributed by atoms with van der Waals surface area (Å²) in [6.07, 6.45) is 1.60. The van der Waals surface area contributed by atoms with Crippen LogP contribution in [0.5, 0.6) is 0 Å². The van der Waals surface area contributed by atoms with Crippen LogP contribution in [-0.4, -0.2) is 25.2 Å². The molecular weight excluding hydrogens is 296 g/mol. The molecule has 6 nitrogen and oxygen atoms in total. The van der Waals surface area contributed by atoms with Crippen molar-refractivity contribution in [2.24, 2.45) is 0 Å². The number of rotatable bonds is 5. The molecule has 2 aromatic heterocycles. The lowest BCUT2D eigenvalue weighted by atomic mass is 10.2. The van der Waals surface area contributed by atoms with Crippen LogP contribution in [-0.2, 0) is 6.54 Å². The van der Waals surface area contributed by atoms with Crippen LogP contribution in [0.2, 0.25) is 0 Å². The van der Waals surface area contributed by atoms with E-state index in [0.717, 1.165) is 29.2 Å². The van der Waals surface area contributed by atoms with E-state index in [2.05, 4.69) is 51.1 Å². The molecule has 3 rings (SSSR count). The van der Waals surface area contributed by atoms with E-state index >= 15 is 0 Å². The minimum absolute atomic E-state index is 0.483. The summed E-state index contributed by atoms with van der Waals surface area (Å²) >= 11 is 1.72. The molecule has 0 atom stereocenters. The number of nitrogens with zero attached hydrogens (tertiary/aromatic N) is 5. The molecule has 1 aromatic carbocycles. The summed E-state index contributed by atoms with van der Waals surface area (Å²) in [5.74, 6) is 0.483. The number of hydrogen-bond acceptors (Lipinski definition) is 6. The van der Waals surface area contributed by atoms with Gasteiger partial charge >= 0.3 is 0 Å². The number of hydrogen-bond donors (Lipinski definition) is 1. The highest BCUT2D eigenvalue weighted by Gasteiger charge is 2.07. The van der Waals surface area contributed by atoms with Crippen molar-refractivity contribution in [2.75, 3.05) is 5.32 Å². The van der Waals surface area contributed by atoms with Gasteiger partial charge in [-0.15, -0.1) is 16.4 Å². The van der Waals surface area contributed by atoms with Crippen molar-refractivity contribution in [1.29, 1.82) is 0 Å². The monoisotopic (exact) mass is 314 g/mol. The molecule has 22 heavy (non-hydrogen) atoms. The van der Waals surface area contributed by atoms with Gasteiger partial charge in [0.1, 0.15) is 6.33 Å². The maximum Gasteiger partial charge on any atom is 0.143 e. The summed E-state index contributed by atoms with van der Waals surface area (Å²) in [6.45, 7) is 7.10. The Labute approximate surface area is 133 Å². The highest BCUT2D eigenvalue weighted by atomic mass is 32.1. The number of nitrogens with one attached hydrogen (secondary N) is 1. The second kappa shape index (κ2) is 6.23. The van der Waals surface area contributed by atoms with Crippen LogP contribution in [0, 0.1) is 6.92 Å². The molecule has 7 heteroatoms. The van der Waals surface area contributed by atoms with Crippen molar-refractivity contribution in [3.05, 3.63) is 46.2 Å². The van der Waals surface area contributed by atoms with Crippen LogP contribution in [0.4, 0.5) is 5.69 Å². The van der Waals surface area contributed by atoms with Gasteiger partial charge in [0.15, 0.2) is 0 Å². The number of thiazole rings is 1. The van der Waals surface area contributed by atoms with E-state index in [9.17, 15) is 0 Å². The van der Waals surface area contributed by atoms with Gasteiger partial charge in [-0.3, -0.25) is 0 Å². The first-order valence-corrected chi connectivity index (χ1v) is 8.03. The summed E-state index contributed by atoms with van der Waals surface area (Å²) in [5, 5.41) is 18.0. The zero-order chi connectivity index (χ0) is 15.5. The summed E-state index contributed by atoms with van der Waals surface area (Å²) in [5.41, 5.74) is 4.23. The minimum atomic E-state index is 0.483. The second-order valence-electron chi connectivity index (χ2n) is 5.44. The first-order chi connectivity index (χ1) is 10.6. The fourth-order valence-corrected chi connectivity index (χ4v) is 2.99. The van der Waals surface area contributed by atoms with Gasteiger partial charge in [-0.2, -0.15) is 0 Å². The molecule has 2 heterocycles. The molecular formula is C15H18N6S. The molecule has 0 aliphatic heterocycles. The van der Waals surface area contributed by atoms with Gasteiger partial charge < -0.3 is 5.32 Å². The van der Waals surface area contributed by atoms with Gasteiger partial charge in [-0.1, -0.05) is 13.8 Å². The minimum Gasteiger partial charge on any atom is -0.379 e. The molecule has 0 radical (unpaired) electrons. The summed E-state index contributed by atoms with van der Waals surface area (Å²) < 4.78 is 1.66. The van der Waals surface area contributed by atoms with Crippen molar-refractivity contribution in [3.63, 3.8) is 0 Å². The molecule has 0 spiro atoms. The number of benzene rings is 1. The zero-order valence-electron chi connectivity index (χ0n) is 12.8. The third kappa shape index (κ3) is 3.14. The van der Waals surface area contributed by atoms with Crippen LogP contribution in [0.1, 0.15) is 36.0 Å². The van der Waals surface area contributed by atoms with E-state index in [4.69, 9.17) is 0 Å². The smallest absolute Gasteiger partial charge is 0.143 e. The Morgan fingerprint density at radius 2 is 2.18 bits per heavy atom. The third-order valence-corrected chi connectivity index (χ3v) is 4.52. The number of anilines is 1. The lowest BCUT2D eigenvalue weighted by molar-refractivity contribution is 0.785. The Balaban J connectivity index is 1.69. The molecule has 3 aromatic rings. The third-order valence-electron chi connectivity index (χ3n) is 3.33. The predicted octanol–water partition coefficient (Wildman–Crippen LogP) is 3.16. The first-order valence-electron chi connectivity index (χ1n) is 7.15. The summed E-state index contributed by atoms with van der Waals surface area (Å²) in [7, 11) is 0. The molecule has 114 valence electrons. The lowest BCUT2D eigenvalue weighted by Gasteiger charge is -2.09. The van der Waals surface area contributed by atoms with Gasteiger partial charge in [0, 0.05) is 17.0 Å². The van der Waals surface area contributed by atoms with Crippen LogP contribution in [0.3, 0.4) is 0 Å². The van der Waals surface area contributed by atoms with E-state index in [-0.39, 0.29) is 0 Å². The first kappa shape index (κ1) is 14.6. The average molecular weight is 314 g/mol. The Morgan fingerprint density at radius 3 is 2.82 bits per heavy atom. The van der Waals surface area contributed by atoms with Gasteiger partial charge in [0.25, 0.3) is 0 Å². The standard InChI is InChI=1S/C15H18N6S/c1-10(2)15-18-13(8-22-15)7-16-12-4-5-14(11(3)6-12)21-9-17-19-20-21/h4-6,8-10,16H,7H2,1-3H3. The average Bonchev–Trinajstić information content (AvgIpc) is 3.17. The van der Waals surface area contributed by atoms with E-state index in [1.54, 1.807) is 22.3 Å². The van der Waals surface area contributed by atoms with Crippen molar-refractivity contribution in [2.45, 2.75) is 33.2 Å².